The molecular weight excluding hydrogens is 785 g/mol. The number of ketones is 2. The highest BCUT2D eigenvalue weighted by molar-refractivity contribution is 6.26. The first-order valence-corrected chi connectivity index (χ1v) is 22.4. The van der Waals surface area contributed by atoms with Gasteiger partial charge < -0.3 is 9.97 Å². The smallest absolute Gasteiger partial charge is 0.190 e. The minimum absolute atomic E-state index is 0.00329. The van der Waals surface area contributed by atoms with Gasteiger partial charge in [0.1, 0.15) is 0 Å². The Kier molecular flexibility index (Phi) is 9.68. The van der Waals surface area contributed by atoms with Crippen LogP contribution in [0.3, 0.4) is 0 Å². The summed E-state index contributed by atoms with van der Waals surface area (Å²) in [7, 11) is 0. The van der Waals surface area contributed by atoms with Crippen molar-refractivity contribution < 1.29 is 9.59 Å². The Balaban J connectivity index is 1.15. The standard InChI is InChI=1S/C58H48N4O2/c1-33-9-15-38(16-10-33)53-44-25-27-46(59-44)54(39-17-11-34(2)12-18-39)48-29-31-50(61-48)56(41-23-21-37(22-24-41)52-36(4)57(63)42-7-5-6-8-43(42)58(52)64)51-32-30-49(62-51)55(47-28-26-45(53)60-47)40-19-13-35(3)14-20-40/h5-20,25-32,37,41,59,62H,21-24H2,1-4H3. The van der Waals surface area contributed by atoms with Crippen LogP contribution in [0.25, 0.3) is 79.8 Å². The molecule has 312 valence electrons. The van der Waals surface area contributed by atoms with Crippen molar-refractivity contribution in [2.75, 3.05) is 0 Å². The Hall–Kier alpha value is -7.44. The summed E-state index contributed by atoms with van der Waals surface area (Å²) < 4.78 is 0. The van der Waals surface area contributed by atoms with Gasteiger partial charge in [-0.3, -0.25) is 9.59 Å². The van der Waals surface area contributed by atoms with E-state index in [1.54, 1.807) is 12.1 Å². The molecular formula is C58H48N4O2. The maximum atomic E-state index is 14.0. The Morgan fingerprint density at radius 1 is 0.422 bits per heavy atom. The summed E-state index contributed by atoms with van der Waals surface area (Å²) in [6, 6.07) is 42.1. The number of Topliss-reactive ketones (excluding diaryl/α,β-unsaturated/α-hetero) is 2. The quantitative estimate of drug-likeness (QED) is 0.181. The lowest BCUT2D eigenvalue weighted by Crippen LogP contribution is -2.27. The maximum absolute atomic E-state index is 14.0. The molecule has 6 heteroatoms. The summed E-state index contributed by atoms with van der Waals surface area (Å²) in [6.45, 7) is 8.19. The Labute approximate surface area is 373 Å². The van der Waals surface area contributed by atoms with Crippen molar-refractivity contribution in [2.24, 2.45) is 5.92 Å². The third-order valence-corrected chi connectivity index (χ3v) is 13.8. The summed E-state index contributed by atoms with van der Waals surface area (Å²) in [6.07, 6.45) is 11.9. The number of rotatable bonds is 5. The fraction of sp³-hybridized carbons (Fsp3) is 0.172. The SMILES string of the molecule is CC1=C(C2CCC(c3c4nc(c(-c5ccc(C)cc5)c5ccc([nH]5)c(-c5ccc(C)cc5)c5nc(c(-c6ccc(C)cc6)c6ccc3[nH]6)C=C5)C=C4)CC2)C(=O)c2ccccc2C1=O. The summed E-state index contributed by atoms with van der Waals surface area (Å²) in [5, 5.41) is 0. The topological polar surface area (TPSA) is 91.5 Å². The Morgan fingerprint density at radius 2 is 0.797 bits per heavy atom. The molecule has 4 aliphatic rings. The van der Waals surface area contributed by atoms with Crippen LogP contribution in [-0.2, 0) is 0 Å². The molecule has 4 aromatic carbocycles. The van der Waals surface area contributed by atoms with Crippen molar-refractivity contribution in [3.8, 4) is 33.4 Å². The van der Waals surface area contributed by atoms with Gasteiger partial charge in [0.2, 0.25) is 0 Å². The van der Waals surface area contributed by atoms with Crippen LogP contribution in [0.15, 0.2) is 132 Å². The minimum Gasteiger partial charge on any atom is -0.355 e. The van der Waals surface area contributed by atoms with Crippen LogP contribution in [0, 0.1) is 26.7 Å². The molecule has 11 rings (SSSR count). The molecule has 0 spiro atoms. The molecule has 0 unspecified atom stereocenters. The highest BCUT2D eigenvalue weighted by atomic mass is 16.1. The molecule has 7 aromatic rings. The van der Waals surface area contributed by atoms with Crippen molar-refractivity contribution >= 4 is 57.9 Å². The predicted molar refractivity (Wildman–Crippen MR) is 262 cm³/mol. The lowest BCUT2D eigenvalue weighted by atomic mass is 9.70. The molecule has 2 N–H and O–H groups in total. The zero-order chi connectivity index (χ0) is 43.6. The zero-order valence-electron chi connectivity index (χ0n) is 36.6. The van der Waals surface area contributed by atoms with Crippen LogP contribution in [0.4, 0.5) is 0 Å². The number of hydrogen-bond acceptors (Lipinski definition) is 4. The summed E-state index contributed by atoms with van der Waals surface area (Å²) >= 11 is 0. The number of benzene rings is 4. The molecule has 1 fully saturated rings. The molecule has 64 heavy (non-hydrogen) atoms. The van der Waals surface area contributed by atoms with Gasteiger partial charge in [0.05, 0.1) is 22.8 Å². The van der Waals surface area contributed by atoms with Crippen LogP contribution in [0.1, 0.15) is 104 Å². The number of aromatic nitrogens is 4. The van der Waals surface area contributed by atoms with Crippen LogP contribution in [0.5, 0.6) is 0 Å². The molecule has 1 saturated carbocycles. The Bertz CT molecular complexity index is 3290. The molecule has 8 bridgehead atoms. The normalized spacial score (nSPS) is 17.0. The van der Waals surface area contributed by atoms with E-state index in [0.29, 0.717) is 22.3 Å². The number of fused-ring (bicyclic) bond motifs is 9. The number of carbonyl (C=O) groups excluding carboxylic acids is 2. The van der Waals surface area contributed by atoms with Gasteiger partial charge >= 0.3 is 0 Å². The lowest BCUT2D eigenvalue weighted by molar-refractivity contribution is 0.0960. The Morgan fingerprint density at radius 3 is 1.27 bits per heavy atom. The fourth-order valence-electron chi connectivity index (χ4n) is 10.4. The number of aryl methyl sites for hydroxylation is 3. The number of nitrogens with one attached hydrogen (secondary N) is 2. The van der Waals surface area contributed by atoms with Gasteiger partial charge in [-0.1, -0.05) is 114 Å². The average molecular weight is 833 g/mol. The second-order valence-electron chi connectivity index (χ2n) is 17.9. The maximum Gasteiger partial charge on any atom is 0.190 e. The molecule has 6 nitrogen and oxygen atoms in total. The first kappa shape index (κ1) is 39.4. The van der Waals surface area contributed by atoms with Gasteiger partial charge in [-0.15, -0.1) is 0 Å². The first-order valence-electron chi connectivity index (χ1n) is 22.4. The van der Waals surface area contributed by atoms with E-state index in [1.807, 2.05) is 19.1 Å². The summed E-state index contributed by atoms with van der Waals surface area (Å²) in [5.74, 6) is 0.144. The van der Waals surface area contributed by atoms with Crippen molar-refractivity contribution in [3.63, 3.8) is 0 Å². The van der Waals surface area contributed by atoms with E-state index in [0.717, 1.165) is 109 Å². The zero-order valence-corrected chi connectivity index (χ0v) is 36.6. The monoisotopic (exact) mass is 832 g/mol. The molecule has 5 heterocycles. The van der Waals surface area contributed by atoms with E-state index in [-0.39, 0.29) is 23.4 Å². The number of aromatic amines is 2. The van der Waals surface area contributed by atoms with Crippen molar-refractivity contribution in [2.45, 2.75) is 59.3 Å². The molecule has 2 aliphatic heterocycles. The van der Waals surface area contributed by atoms with E-state index < -0.39 is 0 Å². The van der Waals surface area contributed by atoms with E-state index in [2.05, 4.69) is 152 Å². The van der Waals surface area contributed by atoms with Gasteiger partial charge in [0.25, 0.3) is 0 Å². The van der Waals surface area contributed by atoms with Crippen LogP contribution >= 0.6 is 0 Å². The van der Waals surface area contributed by atoms with Gasteiger partial charge in [-0.2, -0.15) is 0 Å². The molecule has 0 amide bonds. The van der Waals surface area contributed by atoms with Gasteiger partial charge in [0.15, 0.2) is 11.6 Å². The van der Waals surface area contributed by atoms with E-state index in [4.69, 9.17) is 9.97 Å². The number of carbonyl (C=O) groups is 2. The molecule has 2 aliphatic carbocycles. The highest BCUT2D eigenvalue weighted by Crippen LogP contribution is 2.45. The predicted octanol–water partition coefficient (Wildman–Crippen LogP) is 14.3. The summed E-state index contributed by atoms with van der Waals surface area (Å²) in [5.41, 5.74) is 20.9. The highest BCUT2D eigenvalue weighted by Gasteiger charge is 2.36. The van der Waals surface area contributed by atoms with Crippen LogP contribution in [0.2, 0.25) is 0 Å². The second-order valence-corrected chi connectivity index (χ2v) is 17.9. The van der Waals surface area contributed by atoms with Crippen molar-refractivity contribution in [3.05, 3.63) is 189 Å². The number of allylic oxidation sites excluding steroid dienone is 2. The van der Waals surface area contributed by atoms with Gasteiger partial charge in [-0.25, -0.2) is 9.97 Å². The summed E-state index contributed by atoms with van der Waals surface area (Å²) in [4.78, 5) is 46.4. The lowest BCUT2D eigenvalue weighted by Gasteiger charge is -2.32. The van der Waals surface area contributed by atoms with Gasteiger partial charge in [-0.05, 0) is 130 Å². The molecule has 3 aromatic heterocycles. The van der Waals surface area contributed by atoms with E-state index in [1.165, 1.54) is 16.7 Å². The third-order valence-electron chi connectivity index (χ3n) is 13.8. The largest absolute Gasteiger partial charge is 0.355 e. The minimum atomic E-state index is -0.0298. The molecule has 0 saturated heterocycles. The van der Waals surface area contributed by atoms with Gasteiger partial charge in [0, 0.05) is 66.6 Å². The average Bonchev–Trinajstić information content (AvgIpc) is 4.16. The second kappa shape index (κ2) is 15.7. The first-order chi connectivity index (χ1) is 31.2. The third kappa shape index (κ3) is 6.81. The van der Waals surface area contributed by atoms with Crippen molar-refractivity contribution in [1.82, 2.24) is 19.9 Å². The number of nitrogens with zero attached hydrogens (tertiary/aromatic N) is 2. The van der Waals surface area contributed by atoms with Crippen molar-refractivity contribution in [1.29, 1.82) is 0 Å². The fourth-order valence-corrected chi connectivity index (χ4v) is 10.4. The molecule has 0 atom stereocenters. The number of H-pyrrole nitrogens is 2. The molecule has 0 radical (unpaired) electrons. The number of hydrogen-bond donors (Lipinski definition) is 2. The van der Waals surface area contributed by atoms with Crippen LogP contribution < -0.4 is 0 Å². The van der Waals surface area contributed by atoms with Crippen LogP contribution in [-0.4, -0.2) is 31.5 Å². The van der Waals surface area contributed by atoms with E-state index >= 15 is 0 Å². The van der Waals surface area contributed by atoms with E-state index in [9.17, 15) is 9.59 Å².